The predicted octanol–water partition coefficient (Wildman–Crippen LogP) is 1.84. The molecular weight excluding hydrogens is 342 g/mol. The smallest absolute Gasteiger partial charge is 0.159 e. The van der Waals surface area contributed by atoms with Gasteiger partial charge in [-0.3, -0.25) is 4.79 Å². The molecule has 1 aromatic carbocycles. The normalized spacial score (nSPS) is 17.9. The molecule has 7 nitrogen and oxygen atoms in total. The van der Waals surface area contributed by atoms with E-state index in [1.54, 1.807) is 13.3 Å². The van der Waals surface area contributed by atoms with E-state index in [-0.39, 0.29) is 5.78 Å². The van der Waals surface area contributed by atoms with Crippen molar-refractivity contribution >= 4 is 23.1 Å². The Morgan fingerprint density at radius 3 is 2.00 bits per heavy atom. The SMILES string of the molecule is CC(=O)c1ccc(N2CCN(c3cc(N4CCOCC4)ncn3)CC2)cc1. The monoisotopic (exact) mass is 367 g/mol. The topological polar surface area (TPSA) is 61.8 Å². The molecule has 0 radical (unpaired) electrons. The van der Waals surface area contributed by atoms with Gasteiger partial charge in [0.15, 0.2) is 5.78 Å². The van der Waals surface area contributed by atoms with Gasteiger partial charge in [-0.15, -0.1) is 0 Å². The molecule has 2 saturated heterocycles. The molecule has 3 heterocycles. The fourth-order valence-corrected chi connectivity index (χ4v) is 3.58. The molecule has 2 aliphatic rings. The van der Waals surface area contributed by atoms with Crippen LogP contribution >= 0.6 is 0 Å². The number of ether oxygens (including phenoxy) is 1. The van der Waals surface area contributed by atoms with Gasteiger partial charge in [0.25, 0.3) is 0 Å². The van der Waals surface area contributed by atoms with Crippen LogP contribution in [0.4, 0.5) is 17.3 Å². The van der Waals surface area contributed by atoms with Crippen LogP contribution in [0.25, 0.3) is 0 Å². The maximum atomic E-state index is 11.4. The van der Waals surface area contributed by atoms with E-state index in [9.17, 15) is 4.79 Å². The van der Waals surface area contributed by atoms with Crippen molar-refractivity contribution in [2.45, 2.75) is 6.92 Å². The first-order chi connectivity index (χ1) is 13.2. The Kier molecular flexibility index (Phi) is 5.20. The minimum atomic E-state index is 0.103. The lowest BCUT2D eigenvalue weighted by Gasteiger charge is -2.37. The van der Waals surface area contributed by atoms with Crippen molar-refractivity contribution in [3.05, 3.63) is 42.2 Å². The molecule has 2 aliphatic heterocycles. The number of morpholine rings is 1. The number of anilines is 3. The lowest BCUT2D eigenvalue weighted by atomic mass is 10.1. The van der Waals surface area contributed by atoms with Crippen LogP contribution in [-0.2, 0) is 4.74 Å². The zero-order chi connectivity index (χ0) is 18.6. The van der Waals surface area contributed by atoms with Crippen molar-refractivity contribution < 1.29 is 9.53 Å². The summed E-state index contributed by atoms with van der Waals surface area (Å²) in [6, 6.07) is 9.97. The zero-order valence-electron chi connectivity index (χ0n) is 15.7. The summed E-state index contributed by atoms with van der Waals surface area (Å²) in [7, 11) is 0. The maximum absolute atomic E-state index is 11.4. The van der Waals surface area contributed by atoms with Crippen LogP contribution in [0.5, 0.6) is 0 Å². The highest BCUT2D eigenvalue weighted by Crippen LogP contribution is 2.22. The fraction of sp³-hybridized carbons (Fsp3) is 0.450. The van der Waals surface area contributed by atoms with Crippen LogP contribution in [0.2, 0.25) is 0 Å². The van der Waals surface area contributed by atoms with Gasteiger partial charge in [-0.2, -0.15) is 0 Å². The average Bonchev–Trinajstić information content (AvgIpc) is 2.75. The third-order valence-corrected chi connectivity index (χ3v) is 5.22. The quantitative estimate of drug-likeness (QED) is 0.764. The molecule has 1 aromatic heterocycles. The van der Waals surface area contributed by atoms with E-state index < -0.39 is 0 Å². The molecule has 0 spiro atoms. The standard InChI is InChI=1S/C20H25N5O2/c1-16(26)17-2-4-18(5-3-17)23-6-8-24(9-7-23)19-14-20(22-15-21-19)25-10-12-27-13-11-25/h2-5,14-15H,6-13H2,1H3. The molecule has 27 heavy (non-hydrogen) atoms. The van der Waals surface area contributed by atoms with Crippen LogP contribution < -0.4 is 14.7 Å². The number of carbonyl (C=O) groups excluding carboxylic acids is 1. The van der Waals surface area contributed by atoms with Crippen LogP contribution in [-0.4, -0.2) is 68.2 Å². The molecule has 0 bridgehead atoms. The van der Waals surface area contributed by atoms with E-state index in [0.29, 0.717) is 0 Å². The number of nitrogens with zero attached hydrogens (tertiary/aromatic N) is 5. The largest absolute Gasteiger partial charge is 0.378 e. The molecule has 0 aliphatic carbocycles. The summed E-state index contributed by atoms with van der Waals surface area (Å²) in [4.78, 5) is 27.3. The van der Waals surface area contributed by atoms with Crippen LogP contribution in [0.1, 0.15) is 17.3 Å². The van der Waals surface area contributed by atoms with Gasteiger partial charge >= 0.3 is 0 Å². The van der Waals surface area contributed by atoms with E-state index in [2.05, 4.69) is 30.7 Å². The maximum Gasteiger partial charge on any atom is 0.159 e. The van der Waals surface area contributed by atoms with Gasteiger partial charge in [0.1, 0.15) is 18.0 Å². The molecule has 0 amide bonds. The van der Waals surface area contributed by atoms with Crippen molar-refractivity contribution in [1.29, 1.82) is 0 Å². The summed E-state index contributed by atoms with van der Waals surface area (Å²) in [5.41, 5.74) is 1.92. The van der Waals surface area contributed by atoms with E-state index in [4.69, 9.17) is 4.74 Å². The highest BCUT2D eigenvalue weighted by Gasteiger charge is 2.20. The Morgan fingerprint density at radius 1 is 0.852 bits per heavy atom. The molecule has 0 N–H and O–H groups in total. The van der Waals surface area contributed by atoms with Crippen molar-refractivity contribution in [2.75, 3.05) is 67.2 Å². The summed E-state index contributed by atoms with van der Waals surface area (Å²) < 4.78 is 5.42. The van der Waals surface area contributed by atoms with E-state index >= 15 is 0 Å². The Bertz CT molecular complexity index is 781. The van der Waals surface area contributed by atoms with Gasteiger partial charge in [-0.05, 0) is 31.2 Å². The van der Waals surface area contributed by atoms with Crippen molar-refractivity contribution in [2.24, 2.45) is 0 Å². The fourth-order valence-electron chi connectivity index (χ4n) is 3.58. The van der Waals surface area contributed by atoms with Crippen molar-refractivity contribution in [3.63, 3.8) is 0 Å². The molecule has 0 atom stereocenters. The second-order valence-electron chi connectivity index (χ2n) is 6.91. The summed E-state index contributed by atoms with van der Waals surface area (Å²) in [6.45, 7) is 8.52. The van der Waals surface area contributed by atoms with Gasteiger partial charge in [0.05, 0.1) is 13.2 Å². The van der Waals surface area contributed by atoms with Gasteiger partial charge in [0.2, 0.25) is 0 Å². The Hall–Kier alpha value is -2.67. The summed E-state index contributed by atoms with van der Waals surface area (Å²) in [6.07, 6.45) is 1.66. The van der Waals surface area contributed by atoms with Crippen LogP contribution in [0.3, 0.4) is 0 Å². The third kappa shape index (κ3) is 4.03. The Labute approximate surface area is 159 Å². The number of hydrogen-bond acceptors (Lipinski definition) is 7. The van der Waals surface area contributed by atoms with Crippen molar-refractivity contribution in [1.82, 2.24) is 9.97 Å². The first-order valence-electron chi connectivity index (χ1n) is 9.46. The highest BCUT2D eigenvalue weighted by atomic mass is 16.5. The number of Topliss-reactive ketones (excluding diaryl/α,β-unsaturated/α-hetero) is 1. The number of aromatic nitrogens is 2. The van der Waals surface area contributed by atoms with Gasteiger partial charge < -0.3 is 19.4 Å². The second-order valence-corrected chi connectivity index (χ2v) is 6.91. The van der Waals surface area contributed by atoms with Gasteiger partial charge in [-0.1, -0.05) is 0 Å². The second kappa shape index (κ2) is 7.92. The lowest BCUT2D eigenvalue weighted by Crippen LogP contribution is -2.47. The third-order valence-electron chi connectivity index (χ3n) is 5.22. The van der Waals surface area contributed by atoms with Gasteiger partial charge in [0, 0.05) is 56.6 Å². The molecule has 142 valence electrons. The molecule has 4 rings (SSSR count). The number of rotatable bonds is 4. The number of hydrogen-bond donors (Lipinski definition) is 0. The molecule has 0 saturated carbocycles. The zero-order valence-corrected chi connectivity index (χ0v) is 15.7. The number of carbonyl (C=O) groups is 1. The van der Waals surface area contributed by atoms with E-state index in [1.807, 2.05) is 24.3 Å². The first kappa shape index (κ1) is 17.7. The minimum absolute atomic E-state index is 0.103. The molecule has 2 aromatic rings. The predicted molar refractivity (Wildman–Crippen MR) is 106 cm³/mol. The molecular formula is C20H25N5O2. The van der Waals surface area contributed by atoms with Crippen LogP contribution in [0.15, 0.2) is 36.7 Å². The first-order valence-corrected chi connectivity index (χ1v) is 9.46. The number of piperazine rings is 1. The summed E-state index contributed by atoms with van der Waals surface area (Å²) in [5, 5.41) is 0. The Balaban J connectivity index is 1.39. The summed E-state index contributed by atoms with van der Waals surface area (Å²) in [5.74, 6) is 2.06. The van der Waals surface area contributed by atoms with Crippen LogP contribution in [0, 0.1) is 0 Å². The molecule has 0 unspecified atom stereocenters. The minimum Gasteiger partial charge on any atom is -0.378 e. The molecule has 2 fully saturated rings. The summed E-state index contributed by atoms with van der Waals surface area (Å²) >= 11 is 0. The Morgan fingerprint density at radius 2 is 1.41 bits per heavy atom. The van der Waals surface area contributed by atoms with Gasteiger partial charge in [-0.25, -0.2) is 9.97 Å². The lowest BCUT2D eigenvalue weighted by molar-refractivity contribution is 0.101. The van der Waals surface area contributed by atoms with E-state index in [1.165, 1.54) is 0 Å². The number of benzene rings is 1. The van der Waals surface area contributed by atoms with Crippen molar-refractivity contribution in [3.8, 4) is 0 Å². The highest BCUT2D eigenvalue weighted by molar-refractivity contribution is 5.94. The van der Waals surface area contributed by atoms with E-state index in [0.717, 1.165) is 75.4 Å². The average molecular weight is 367 g/mol. The molecule has 7 heteroatoms. The number of ketones is 1.